The Balaban J connectivity index is 1.93. The van der Waals surface area contributed by atoms with Crippen molar-refractivity contribution in [3.63, 3.8) is 0 Å². The predicted molar refractivity (Wildman–Crippen MR) is 99.8 cm³/mol. The van der Waals surface area contributed by atoms with Gasteiger partial charge in [0.2, 0.25) is 0 Å². The molecule has 134 valence electrons. The van der Waals surface area contributed by atoms with E-state index in [1.807, 2.05) is 38.2 Å². The maximum Gasteiger partial charge on any atom is 0.283 e. The standard InChI is InChI=1S/C19H21N5O2/c1-3-26-14-4-5-16(12(2)8-14)24-11-15(13-9-22-23-10-13)17-18(19(24)25)21-7-6-20-17/h4-8,11,13,22-23H,3,9-10H2,1-2H3. The Morgan fingerprint density at radius 3 is 2.62 bits per heavy atom. The fourth-order valence-electron chi connectivity index (χ4n) is 3.39. The first-order valence-electron chi connectivity index (χ1n) is 8.75. The van der Waals surface area contributed by atoms with Crippen molar-refractivity contribution >= 4 is 11.0 Å². The SMILES string of the molecule is CCOc1ccc(-n2cc(C3CNNC3)c3nccnc3c2=O)c(C)c1. The number of fused-ring (bicyclic) bond motifs is 1. The number of nitrogens with one attached hydrogen (secondary N) is 2. The van der Waals surface area contributed by atoms with E-state index in [0.29, 0.717) is 17.6 Å². The van der Waals surface area contributed by atoms with Crippen molar-refractivity contribution in [3.8, 4) is 11.4 Å². The zero-order valence-electron chi connectivity index (χ0n) is 14.8. The predicted octanol–water partition coefficient (Wildman–Crippen LogP) is 1.68. The van der Waals surface area contributed by atoms with Crippen molar-refractivity contribution in [3.05, 3.63) is 58.3 Å². The quantitative estimate of drug-likeness (QED) is 0.744. The number of pyridine rings is 1. The van der Waals surface area contributed by atoms with Crippen LogP contribution in [-0.4, -0.2) is 34.2 Å². The molecule has 1 fully saturated rings. The van der Waals surface area contributed by atoms with Gasteiger partial charge in [-0.3, -0.25) is 25.2 Å². The summed E-state index contributed by atoms with van der Waals surface area (Å²) in [6.45, 7) is 6.10. The molecular formula is C19H21N5O2. The van der Waals surface area contributed by atoms with E-state index in [1.54, 1.807) is 17.0 Å². The molecular weight excluding hydrogens is 330 g/mol. The molecule has 0 unspecified atom stereocenters. The molecule has 1 saturated heterocycles. The van der Waals surface area contributed by atoms with E-state index in [-0.39, 0.29) is 11.5 Å². The van der Waals surface area contributed by atoms with Gasteiger partial charge < -0.3 is 4.74 Å². The topological polar surface area (TPSA) is 81.1 Å². The minimum atomic E-state index is -0.164. The molecule has 3 aromatic rings. The highest BCUT2D eigenvalue weighted by Crippen LogP contribution is 2.25. The highest BCUT2D eigenvalue weighted by atomic mass is 16.5. The molecule has 0 bridgehead atoms. The van der Waals surface area contributed by atoms with Gasteiger partial charge in [0.05, 0.1) is 17.8 Å². The van der Waals surface area contributed by atoms with Gasteiger partial charge in [-0.05, 0) is 37.6 Å². The summed E-state index contributed by atoms with van der Waals surface area (Å²) in [6.07, 6.45) is 5.10. The summed E-state index contributed by atoms with van der Waals surface area (Å²) in [7, 11) is 0. The summed E-state index contributed by atoms with van der Waals surface area (Å²) >= 11 is 0. The molecule has 2 N–H and O–H groups in total. The van der Waals surface area contributed by atoms with Gasteiger partial charge in [0, 0.05) is 43.2 Å². The first kappa shape index (κ1) is 16.7. The maximum atomic E-state index is 13.1. The summed E-state index contributed by atoms with van der Waals surface area (Å²) in [5.41, 5.74) is 9.99. The molecule has 26 heavy (non-hydrogen) atoms. The molecule has 0 radical (unpaired) electrons. The molecule has 4 rings (SSSR count). The Morgan fingerprint density at radius 2 is 1.92 bits per heavy atom. The van der Waals surface area contributed by atoms with Gasteiger partial charge in [-0.1, -0.05) is 0 Å². The van der Waals surface area contributed by atoms with Crippen LogP contribution in [0.5, 0.6) is 5.75 Å². The fourth-order valence-corrected chi connectivity index (χ4v) is 3.39. The van der Waals surface area contributed by atoms with Crippen LogP contribution in [0.3, 0.4) is 0 Å². The molecule has 2 aromatic heterocycles. The summed E-state index contributed by atoms with van der Waals surface area (Å²) in [5, 5.41) is 0. The Kier molecular flexibility index (Phi) is 4.40. The van der Waals surface area contributed by atoms with E-state index in [2.05, 4.69) is 20.8 Å². The first-order chi connectivity index (χ1) is 12.7. The van der Waals surface area contributed by atoms with E-state index < -0.39 is 0 Å². The molecule has 0 amide bonds. The Morgan fingerprint density at radius 1 is 1.19 bits per heavy atom. The largest absolute Gasteiger partial charge is 0.494 e. The lowest BCUT2D eigenvalue weighted by atomic mass is 10.00. The lowest BCUT2D eigenvalue weighted by molar-refractivity contribution is 0.340. The number of aryl methyl sites for hydroxylation is 1. The molecule has 7 heteroatoms. The monoisotopic (exact) mass is 351 g/mol. The van der Waals surface area contributed by atoms with E-state index in [9.17, 15) is 4.79 Å². The second-order valence-electron chi connectivity index (χ2n) is 6.35. The number of aromatic nitrogens is 3. The zero-order valence-corrected chi connectivity index (χ0v) is 14.8. The molecule has 0 aliphatic carbocycles. The molecule has 0 atom stereocenters. The van der Waals surface area contributed by atoms with Crippen molar-refractivity contribution in [2.45, 2.75) is 19.8 Å². The van der Waals surface area contributed by atoms with Crippen LogP contribution in [0.25, 0.3) is 16.7 Å². The van der Waals surface area contributed by atoms with Crippen LogP contribution < -0.4 is 21.1 Å². The Bertz CT molecular complexity index is 1010. The first-order valence-corrected chi connectivity index (χ1v) is 8.75. The Labute approximate surface area is 151 Å². The molecule has 0 saturated carbocycles. The average Bonchev–Trinajstić information content (AvgIpc) is 3.18. The fraction of sp³-hybridized carbons (Fsp3) is 0.316. The highest BCUT2D eigenvalue weighted by molar-refractivity contribution is 5.77. The number of benzene rings is 1. The third-order valence-corrected chi connectivity index (χ3v) is 4.66. The van der Waals surface area contributed by atoms with E-state index in [1.165, 1.54) is 0 Å². The molecule has 3 heterocycles. The second-order valence-corrected chi connectivity index (χ2v) is 6.35. The number of rotatable bonds is 4. The summed E-state index contributed by atoms with van der Waals surface area (Å²) in [6, 6.07) is 5.75. The van der Waals surface area contributed by atoms with Gasteiger partial charge in [0.25, 0.3) is 5.56 Å². The summed E-state index contributed by atoms with van der Waals surface area (Å²) in [5.74, 6) is 1.02. The average molecular weight is 351 g/mol. The van der Waals surface area contributed by atoms with Gasteiger partial charge in [-0.2, -0.15) is 0 Å². The smallest absolute Gasteiger partial charge is 0.283 e. The van der Waals surface area contributed by atoms with Gasteiger partial charge in [0.15, 0.2) is 5.52 Å². The van der Waals surface area contributed by atoms with Crippen LogP contribution in [0.4, 0.5) is 0 Å². The Hall–Kier alpha value is -2.77. The molecule has 7 nitrogen and oxygen atoms in total. The molecule has 1 aliphatic rings. The molecule has 1 aromatic carbocycles. The summed E-state index contributed by atoms with van der Waals surface area (Å²) in [4.78, 5) is 21.8. The number of nitrogens with zero attached hydrogens (tertiary/aromatic N) is 3. The third-order valence-electron chi connectivity index (χ3n) is 4.66. The van der Waals surface area contributed by atoms with Crippen LogP contribution >= 0.6 is 0 Å². The lowest BCUT2D eigenvalue weighted by Crippen LogP contribution is -2.23. The van der Waals surface area contributed by atoms with E-state index in [4.69, 9.17) is 4.74 Å². The molecule has 0 spiro atoms. The number of hydrogen-bond donors (Lipinski definition) is 2. The van der Waals surface area contributed by atoms with Crippen LogP contribution in [0.2, 0.25) is 0 Å². The van der Waals surface area contributed by atoms with Crippen molar-refractivity contribution < 1.29 is 4.74 Å². The normalized spacial score (nSPS) is 14.8. The number of hydrogen-bond acceptors (Lipinski definition) is 6. The van der Waals surface area contributed by atoms with Gasteiger partial charge in [-0.25, -0.2) is 4.98 Å². The van der Waals surface area contributed by atoms with Gasteiger partial charge in [0.1, 0.15) is 5.75 Å². The van der Waals surface area contributed by atoms with Crippen LogP contribution in [-0.2, 0) is 0 Å². The third kappa shape index (κ3) is 2.85. The van der Waals surface area contributed by atoms with Gasteiger partial charge >= 0.3 is 0 Å². The minimum Gasteiger partial charge on any atom is -0.494 e. The van der Waals surface area contributed by atoms with E-state index >= 15 is 0 Å². The van der Waals surface area contributed by atoms with Gasteiger partial charge in [-0.15, -0.1) is 0 Å². The van der Waals surface area contributed by atoms with E-state index in [0.717, 1.165) is 35.7 Å². The number of hydrazine groups is 1. The van der Waals surface area contributed by atoms with Crippen LogP contribution in [0.1, 0.15) is 24.0 Å². The lowest BCUT2D eigenvalue weighted by Gasteiger charge is -2.16. The summed E-state index contributed by atoms with van der Waals surface area (Å²) < 4.78 is 7.23. The van der Waals surface area contributed by atoms with Crippen molar-refractivity contribution in [2.24, 2.45) is 0 Å². The van der Waals surface area contributed by atoms with Crippen molar-refractivity contribution in [1.29, 1.82) is 0 Å². The minimum absolute atomic E-state index is 0.164. The van der Waals surface area contributed by atoms with Crippen LogP contribution in [0, 0.1) is 6.92 Å². The van der Waals surface area contributed by atoms with Crippen molar-refractivity contribution in [2.75, 3.05) is 19.7 Å². The maximum absolute atomic E-state index is 13.1. The molecule has 1 aliphatic heterocycles. The second kappa shape index (κ2) is 6.86. The van der Waals surface area contributed by atoms with Crippen LogP contribution in [0.15, 0.2) is 41.6 Å². The zero-order chi connectivity index (χ0) is 18.1. The highest BCUT2D eigenvalue weighted by Gasteiger charge is 2.23. The number of ether oxygens (including phenoxy) is 1. The van der Waals surface area contributed by atoms with Crippen molar-refractivity contribution in [1.82, 2.24) is 25.4 Å².